The van der Waals surface area contributed by atoms with Crippen LogP contribution in [0.5, 0.6) is 0 Å². The highest BCUT2D eigenvalue weighted by atomic mass is 35.5. The molecular formula is C14H16ClF3N2O. The molecule has 116 valence electrons. The molecule has 7 heteroatoms. The minimum Gasteiger partial charge on any atom is -0.362 e. The summed E-state index contributed by atoms with van der Waals surface area (Å²) in [5.74, 6) is 0. The van der Waals surface area contributed by atoms with Gasteiger partial charge in [-0.2, -0.15) is 18.3 Å². The minimum absolute atomic E-state index is 0.0261. The molecule has 1 aromatic rings. The van der Waals surface area contributed by atoms with Crippen LogP contribution in [0, 0.1) is 5.41 Å². The Labute approximate surface area is 126 Å². The number of aliphatic hydroxyl groups is 1. The zero-order valence-electron chi connectivity index (χ0n) is 11.9. The lowest BCUT2D eigenvalue weighted by molar-refractivity contribution is -0.254. The molecule has 1 unspecified atom stereocenters. The summed E-state index contributed by atoms with van der Waals surface area (Å²) >= 11 is 5.95. The number of rotatable bonds is 1. The van der Waals surface area contributed by atoms with E-state index in [2.05, 4.69) is 5.10 Å². The van der Waals surface area contributed by atoms with E-state index in [-0.39, 0.29) is 16.4 Å². The lowest BCUT2D eigenvalue weighted by atomic mass is 9.86. The molecule has 0 aromatic heterocycles. The van der Waals surface area contributed by atoms with Crippen LogP contribution in [0.4, 0.5) is 18.9 Å². The number of benzene rings is 1. The second-order valence-corrected chi connectivity index (χ2v) is 6.46. The Bertz CT molecular complexity index is 580. The largest absolute Gasteiger partial charge is 0.438 e. The van der Waals surface area contributed by atoms with Crippen molar-refractivity contribution in [3.63, 3.8) is 0 Å². The second kappa shape index (κ2) is 4.88. The van der Waals surface area contributed by atoms with E-state index in [4.69, 9.17) is 11.6 Å². The van der Waals surface area contributed by atoms with E-state index < -0.39 is 23.7 Å². The zero-order valence-corrected chi connectivity index (χ0v) is 12.6. The van der Waals surface area contributed by atoms with Crippen LogP contribution in [-0.2, 0) is 0 Å². The number of halogens is 4. The molecule has 0 saturated carbocycles. The van der Waals surface area contributed by atoms with Gasteiger partial charge in [0.25, 0.3) is 5.72 Å². The Balaban J connectivity index is 2.57. The highest BCUT2D eigenvalue weighted by molar-refractivity contribution is 6.33. The summed E-state index contributed by atoms with van der Waals surface area (Å²) in [5.41, 5.74) is -3.38. The number of alkyl halides is 3. The smallest absolute Gasteiger partial charge is 0.362 e. The maximum absolute atomic E-state index is 13.4. The summed E-state index contributed by atoms with van der Waals surface area (Å²) in [6.07, 6.45) is -5.46. The van der Waals surface area contributed by atoms with E-state index in [1.807, 2.05) is 0 Å². The van der Waals surface area contributed by atoms with E-state index in [0.717, 1.165) is 0 Å². The molecule has 3 nitrogen and oxygen atoms in total. The summed E-state index contributed by atoms with van der Waals surface area (Å²) < 4.78 is 40.1. The third-order valence-electron chi connectivity index (χ3n) is 3.39. The van der Waals surface area contributed by atoms with Crippen LogP contribution in [-0.4, -0.2) is 22.7 Å². The average Bonchev–Trinajstić information content (AvgIpc) is 2.68. The first-order chi connectivity index (χ1) is 9.47. The lowest BCUT2D eigenvalue weighted by Gasteiger charge is -2.34. The third kappa shape index (κ3) is 2.74. The van der Waals surface area contributed by atoms with Crippen molar-refractivity contribution in [1.82, 2.24) is 0 Å². The van der Waals surface area contributed by atoms with Crippen molar-refractivity contribution in [2.24, 2.45) is 10.5 Å². The maximum Gasteiger partial charge on any atom is 0.438 e. The van der Waals surface area contributed by atoms with Gasteiger partial charge in [-0.1, -0.05) is 44.5 Å². The molecule has 1 atom stereocenters. The summed E-state index contributed by atoms with van der Waals surface area (Å²) in [7, 11) is 0. The summed E-state index contributed by atoms with van der Waals surface area (Å²) in [6.45, 7) is 5.25. The Morgan fingerprint density at radius 1 is 1.24 bits per heavy atom. The molecular weight excluding hydrogens is 305 g/mol. The van der Waals surface area contributed by atoms with Crippen LogP contribution in [0.3, 0.4) is 0 Å². The van der Waals surface area contributed by atoms with E-state index in [0.29, 0.717) is 5.01 Å². The Morgan fingerprint density at radius 2 is 1.81 bits per heavy atom. The molecule has 1 N–H and O–H groups in total. The van der Waals surface area contributed by atoms with Gasteiger partial charge < -0.3 is 5.11 Å². The molecule has 0 fully saturated rings. The number of hydrogen-bond acceptors (Lipinski definition) is 3. The summed E-state index contributed by atoms with van der Waals surface area (Å²) in [6, 6.07) is 6.00. The van der Waals surface area contributed by atoms with Crippen molar-refractivity contribution >= 4 is 23.0 Å². The SMILES string of the molecule is CC(C)(C)C1=NN(c2ccccc2Cl)C(O)(C(F)(F)F)C1. The van der Waals surface area contributed by atoms with Crippen LogP contribution in [0.1, 0.15) is 27.2 Å². The van der Waals surface area contributed by atoms with E-state index in [1.54, 1.807) is 32.9 Å². The lowest BCUT2D eigenvalue weighted by Crippen LogP contribution is -2.55. The monoisotopic (exact) mass is 320 g/mol. The van der Waals surface area contributed by atoms with Crippen molar-refractivity contribution in [3.05, 3.63) is 29.3 Å². The van der Waals surface area contributed by atoms with Crippen LogP contribution in [0.25, 0.3) is 0 Å². The molecule has 2 rings (SSSR count). The van der Waals surface area contributed by atoms with Crippen molar-refractivity contribution in [3.8, 4) is 0 Å². The molecule has 1 aliphatic rings. The molecule has 21 heavy (non-hydrogen) atoms. The van der Waals surface area contributed by atoms with Gasteiger partial charge in [-0.25, -0.2) is 5.01 Å². The van der Waals surface area contributed by atoms with E-state index >= 15 is 0 Å². The molecule has 0 bridgehead atoms. The van der Waals surface area contributed by atoms with Crippen LogP contribution in [0.2, 0.25) is 5.02 Å². The van der Waals surface area contributed by atoms with Crippen LogP contribution in [0.15, 0.2) is 29.4 Å². The fraction of sp³-hybridized carbons (Fsp3) is 0.500. The number of para-hydroxylation sites is 1. The molecule has 0 radical (unpaired) electrons. The molecule has 0 aliphatic carbocycles. The highest BCUT2D eigenvalue weighted by Crippen LogP contribution is 2.46. The number of hydrazone groups is 1. The van der Waals surface area contributed by atoms with Gasteiger partial charge in [0, 0.05) is 17.5 Å². The quantitative estimate of drug-likeness (QED) is 0.841. The van der Waals surface area contributed by atoms with Crippen LogP contribution < -0.4 is 5.01 Å². The topological polar surface area (TPSA) is 35.8 Å². The van der Waals surface area contributed by atoms with Gasteiger partial charge in [-0.15, -0.1) is 0 Å². The maximum atomic E-state index is 13.4. The number of hydrogen-bond donors (Lipinski definition) is 1. The summed E-state index contributed by atoms with van der Waals surface area (Å²) in [5, 5.41) is 14.9. The van der Waals surface area contributed by atoms with Gasteiger partial charge in [-0.3, -0.25) is 0 Å². The Kier molecular flexibility index (Phi) is 3.74. The van der Waals surface area contributed by atoms with Crippen molar-refractivity contribution in [1.29, 1.82) is 0 Å². The van der Waals surface area contributed by atoms with E-state index in [1.165, 1.54) is 12.1 Å². The number of nitrogens with zero attached hydrogens (tertiary/aromatic N) is 2. The van der Waals surface area contributed by atoms with Crippen molar-refractivity contribution in [2.45, 2.75) is 39.1 Å². The fourth-order valence-electron chi connectivity index (χ4n) is 2.06. The first kappa shape index (κ1) is 16.1. The second-order valence-electron chi connectivity index (χ2n) is 6.05. The molecule has 0 saturated heterocycles. The van der Waals surface area contributed by atoms with Gasteiger partial charge in [-0.05, 0) is 12.1 Å². The van der Waals surface area contributed by atoms with Crippen molar-refractivity contribution < 1.29 is 18.3 Å². The fourth-order valence-corrected chi connectivity index (χ4v) is 2.28. The van der Waals surface area contributed by atoms with Crippen molar-refractivity contribution in [2.75, 3.05) is 5.01 Å². The van der Waals surface area contributed by atoms with Gasteiger partial charge in [0.15, 0.2) is 0 Å². The highest BCUT2D eigenvalue weighted by Gasteiger charge is 2.62. The summed E-state index contributed by atoms with van der Waals surface area (Å²) in [4.78, 5) is 0. The Hall–Kier alpha value is -1.27. The normalized spacial score (nSPS) is 23.4. The average molecular weight is 321 g/mol. The van der Waals surface area contributed by atoms with Gasteiger partial charge in [0.1, 0.15) is 0 Å². The molecule has 1 aromatic carbocycles. The molecule has 1 heterocycles. The van der Waals surface area contributed by atoms with Gasteiger partial charge in [0.05, 0.1) is 10.7 Å². The van der Waals surface area contributed by atoms with Gasteiger partial charge >= 0.3 is 6.18 Å². The van der Waals surface area contributed by atoms with E-state index in [9.17, 15) is 18.3 Å². The van der Waals surface area contributed by atoms with Gasteiger partial charge in [0.2, 0.25) is 0 Å². The predicted octanol–water partition coefficient (Wildman–Crippen LogP) is 4.20. The predicted molar refractivity (Wildman–Crippen MR) is 76.4 cm³/mol. The molecule has 1 aliphatic heterocycles. The first-order valence-electron chi connectivity index (χ1n) is 6.38. The standard InChI is InChI=1S/C14H16ClF3N2O/c1-12(2,3)11-8-13(21,14(16,17)18)20(19-11)10-7-5-4-6-9(10)15/h4-7,21H,8H2,1-3H3. The first-order valence-corrected chi connectivity index (χ1v) is 6.76. The Morgan fingerprint density at radius 3 is 2.29 bits per heavy atom. The zero-order chi connectivity index (χ0) is 16.1. The molecule has 0 amide bonds. The van der Waals surface area contributed by atoms with Crippen LogP contribution >= 0.6 is 11.6 Å². The third-order valence-corrected chi connectivity index (χ3v) is 3.71. The minimum atomic E-state index is -4.86. The molecule has 0 spiro atoms. The number of anilines is 1.